The molecule has 0 aliphatic carbocycles. The van der Waals surface area contributed by atoms with Crippen LogP contribution in [0.25, 0.3) is 0 Å². The molecule has 0 saturated carbocycles. The summed E-state index contributed by atoms with van der Waals surface area (Å²) in [6, 6.07) is 4.55. The van der Waals surface area contributed by atoms with Crippen molar-refractivity contribution in [2.24, 2.45) is 0 Å². The van der Waals surface area contributed by atoms with Gasteiger partial charge in [0.2, 0.25) is 0 Å². The quantitative estimate of drug-likeness (QED) is 0.869. The molecule has 1 fully saturated rings. The van der Waals surface area contributed by atoms with E-state index in [1.54, 1.807) is 0 Å². The zero-order valence-corrected chi connectivity index (χ0v) is 10.8. The molecular weight excluding hydrogens is 218 g/mol. The van der Waals surface area contributed by atoms with Gasteiger partial charge in [0.1, 0.15) is 5.82 Å². The number of thioether (sulfide) groups is 1. The highest BCUT2D eigenvalue weighted by Crippen LogP contribution is 2.25. The first-order chi connectivity index (χ1) is 7.83. The van der Waals surface area contributed by atoms with E-state index in [1.165, 1.54) is 17.1 Å². The summed E-state index contributed by atoms with van der Waals surface area (Å²) in [4.78, 5) is 6.95. The van der Waals surface area contributed by atoms with Gasteiger partial charge in [-0.25, -0.2) is 4.98 Å². The number of aromatic nitrogens is 1. The van der Waals surface area contributed by atoms with E-state index >= 15 is 0 Å². The monoisotopic (exact) mass is 237 g/mol. The number of nitrogens with zero attached hydrogens (tertiary/aromatic N) is 2. The van der Waals surface area contributed by atoms with Gasteiger partial charge in [-0.3, -0.25) is 0 Å². The van der Waals surface area contributed by atoms with Crippen molar-refractivity contribution in [1.29, 1.82) is 0 Å². The Kier molecular flexibility index (Phi) is 4.07. The zero-order chi connectivity index (χ0) is 11.4. The molecular formula is C12H19N3S. The van der Waals surface area contributed by atoms with Gasteiger partial charge in [0.15, 0.2) is 0 Å². The maximum absolute atomic E-state index is 4.55. The lowest BCUT2D eigenvalue weighted by Gasteiger charge is -2.30. The second-order valence-corrected chi connectivity index (χ2v) is 5.25. The van der Waals surface area contributed by atoms with Gasteiger partial charge in [-0.05, 0) is 20.0 Å². The summed E-state index contributed by atoms with van der Waals surface area (Å²) in [6.07, 6.45) is 1.89. The Hall–Kier alpha value is -0.740. The Bertz CT molecular complexity index is 337. The van der Waals surface area contributed by atoms with Crippen molar-refractivity contribution in [2.45, 2.75) is 13.0 Å². The van der Waals surface area contributed by atoms with Crippen LogP contribution in [0.4, 0.5) is 5.82 Å². The topological polar surface area (TPSA) is 28.2 Å². The van der Waals surface area contributed by atoms with Crippen molar-refractivity contribution in [3.8, 4) is 0 Å². The van der Waals surface area contributed by atoms with Crippen LogP contribution in [-0.2, 0) is 0 Å². The SMILES string of the molecule is CNC(C)c1cccnc1N1CCSCC1. The highest BCUT2D eigenvalue weighted by atomic mass is 32.2. The van der Waals surface area contributed by atoms with Crippen LogP contribution in [0.15, 0.2) is 18.3 Å². The second-order valence-electron chi connectivity index (χ2n) is 4.03. The summed E-state index contributed by atoms with van der Waals surface area (Å²) in [5.74, 6) is 3.58. The predicted octanol–water partition coefficient (Wildman–Crippen LogP) is 1.92. The van der Waals surface area contributed by atoms with Crippen LogP contribution >= 0.6 is 11.8 Å². The molecule has 0 radical (unpaired) electrons. The van der Waals surface area contributed by atoms with Crippen LogP contribution in [0.2, 0.25) is 0 Å². The molecule has 1 saturated heterocycles. The fourth-order valence-corrected chi connectivity index (χ4v) is 2.85. The van der Waals surface area contributed by atoms with Gasteiger partial charge in [-0.1, -0.05) is 6.07 Å². The predicted molar refractivity (Wildman–Crippen MR) is 71.2 cm³/mol. The molecule has 1 aliphatic heterocycles. The number of pyridine rings is 1. The van der Waals surface area contributed by atoms with Gasteiger partial charge in [0.05, 0.1) is 0 Å². The third kappa shape index (κ3) is 2.50. The lowest BCUT2D eigenvalue weighted by Crippen LogP contribution is -2.34. The van der Waals surface area contributed by atoms with Crippen molar-refractivity contribution < 1.29 is 0 Å². The molecule has 0 spiro atoms. The summed E-state index contributed by atoms with van der Waals surface area (Å²) in [5.41, 5.74) is 1.30. The Morgan fingerprint density at radius 1 is 1.44 bits per heavy atom. The first-order valence-electron chi connectivity index (χ1n) is 5.78. The number of hydrogen-bond acceptors (Lipinski definition) is 4. The molecule has 2 heterocycles. The van der Waals surface area contributed by atoms with E-state index in [2.05, 4.69) is 28.2 Å². The molecule has 0 bridgehead atoms. The molecule has 1 aromatic heterocycles. The van der Waals surface area contributed by atoms with E-state index in [0.29, 0.717) is 6.04 Å². The first kappa shape index (κ1) is 11.7. The van der Waals surface area contributed by atoms with E-state index in [4.69, 9.17) is 0 Å². The van der Waals surface area contributed by atoms with E-state index in [-0.39, 0.29) is 0 Å². The minimum absolute atomic E-state index is 0.360. The number of rotatable bonds is 3. The smallest absolute Gasteiger partial charge is 0.133 e. The van der Waals surface area contributed by atoms with Crippen molar-refractivity contribution in [1.82, 2.24) is 10.3 Å². The van der Waals surface area contributed by atoms with Crippen molar-refractivity contribution in [3.63, 3.8) is 0 Å². The van der Waals surface area contributed by atoms with E-state index in [1.807, 2.05) is 31.1 Å². The Balaban J connectivity index is 2.24. The molecule has 3 nitrogen and oxygen atoms in total. The molecule has 1 aromatic rings. The van der Waals surface area contributed by atoms with Gasteiger partial charge < -0.3 is 10.2 Å². The van der Waals surface area contributed by atoms with Crippen LogP contribution in [0.3, 0.4) is 0 Å². The van der Waals surface area contributed by atoms with Crippen molar-refractivity contribution in [3.05, 3.63) is 23.9 Å². The molecule has 4 heteroatoms. The molecule has 1 atom stereocenters. The summed E-state index contributed by atoms with van der Waals surface area (Å²) in [6.45, 7) is 4.41. The van der Waals surface area contributed by atoms with Crippen LogP contribution in [-0.4, -0.2) is 36.6 Å². The normalized spacial score (nSPS) is 18.5. The lowest BCUT2D eigenvalue weighted by molar-refractivity contribution is 0.644. The highest BCUT2D eigenvalue weighted by molar-refractivity contribution is 7.99. The van der Waals surface area contributed by atoms with Crippen LogP contribution < -0.4 is 10.2 Å². The number of anilines is 1. The minimum atomic E-state index is 0.360. The Morgan fingerprint density at radius 2 is 2.19 bits per heavy atom. The summed E-state index contributed by atoms with van der Waals surface area (Å²) in [7, 11) is 1.99. The molecule has 1 N–H and O–H groups in total. The average Bonchev–Trinajstić information content (AvgIpc) is 2.39. The first-order valence-corrected chi connectivity index (χ1v) is 6.93. The van der Waals surface area contributed by atoms with Crippen LogP contribution in [0, 0.1) is 0 Å². The van der Waals surface area contributed by atoms with Gasteiger partial charge >= 0.3 is 0 Å². The molecule has 0 amide bonds. The van der Waals surface area contributed by atoms with Crippen molar-refractivity contribution >= 4 is 17.6 Å². The third-order valence-corrected chi connectivity index (χ3v) is 3.97. The summed E-state index contributed by atoms with van der Waals surface area (Å²) in [5, 5.41) is 3.29. The van der Waals surface area contributed by atoms with Gasteiger partial charge in [-0.2, -0.15) is 11.8 Å². The second kappa shape index (κ2) is 5.55. The standard InChI is InChI=1S/C12H19N3S/c1-10(13-2)11-4-3-5-14-12(11)15-6-8-16-9-7-15/h3-5,10,13H,6-9H2,1-2H3. The van der Waals surface area contributed by atoms with Crippen LogP contribution in [0.1, 0.15) is 18.5 Å². The molecule has 16 heavy (non-hydrogen) atoms. The summed E-state index contributed by atoms with van der Waals surface area (Å²) >= 11 is 2.03. The van der Waals surface area contributed by atoms with Gasteiger partial charge in [0.25, 0.3) is 0 Å². The van der Waals surface area contributed by atoms with Gasteiger partial charge in [-0.15, -0.1) is 0 Å². The fourth-order valence-electron chi connectivity index (χ4n) is 1.94. The molecule has 2 rings (SSSR count). The summed E-state index contributed by atoms with van der Waals surface area (Å²) < 4.78 is 0. The maximum atomic E-state index is 4.55. The van der Waals surface area contributed by atoms with E-state index in [9.17, 15) is 0 Å². The molecule has 0 aromatic carbocycles. The zero-order valence-electron chi connectivity index (χ0n) is 9.94. The lowest BCUT2D eigenvalue weighted by atomic mass is 10.1. The number of nitrogens with one attached hydrogen (secondary N) is 1. The Morgan fingerprint density at radius 3 is 2.88 bits per heavy atom. The van der Waals surface area contributed by atoms with E-state index in [0.717, 1.165) is 18.9 Å². The Labute approximate surface area is 102 Å². The van der Waals surface area contributed by atoms with Gasteiger partial charge in [0, 0.05) is 42.4 Å². The third-order valence-electron chi connectivity index (χ3n) is 3.03. The molecule has 1 unspecified atom stereocenters. The largest absolute Gasteiger partial charge is 0.355 e. The highest BCUT2D eigenvalue weighted by Gasteiger charge is 2.17. The minimum Gasteiger partial charge on any atom is -0.355 e. The average molecular weight is 237 g/mol. The number of hydrogen-bond donors (Lipinski definition) is 1. The van der Waals surface area contributed by atoms with E-state index < -0.39 is 0 Å². The van der Waals surface area contributed by atoms with Crippen LogP contribution in [0.5, 0.6) is 0 Å². The molecule has 88 valence electrons. The fraction of sp³-hybridized carbons (Fsp3) is 0.583. The maximum Gasteiger partial charge on any atom is 0.133 e. The molecule has 1 aliphatic rings. The van der Waals surface area contributed by atoms with Crippen molar-refractivity contribution in [2.75, 3.05) is 36.5 Å².